The van der Waals surface area contributed by atoms with Crippen molar-refractivity contribution in [3.8, 4) is 0 Å². The van der Waals surface area contributed by atoms with Crippen molar-refractivity contribution in [2.45, 2.75) is 37.6 Å². The summed E-state index contributed by atoms with van der Waals surface area (Å²) < 4.78 is 4.64. The third-order valence-electron chi connectivity index (χ3n) is 2.73. The van der Waals surface area contributed by atoms with Gasteiger partial charge < -0.3 is 4.90 Å². The normalized spacial score (nSPS) is 15.2. The minimum Gasteiger partial charge on any atom is -0.374 e. The largest absolute Gasteiger partial charge is 0.374 e. The minimum absolute atomic E-state index is 0.120. The van der Waals surface area contributed by atoms with Crippen LogP contribution in [-0.2, 0) is 6.42 Å². The molecule has 1 aromatic carbocycles. The Labute approximate surface area is 116 Å². The molecular weight excluding hydrogens is 296 g/mol. The highest BCUT2D eigenvalue weighted by Gasteiger charge is 2.19. The van der Waals surface area contributed by atoms with E-state index in [4.69, 9.17) is 0 Å². The zero-order chi connectivity index (χ0) is 12.6. The summed E-state index contributed by atoms with van der Waals surface area (Å²) in [7, 11) is 2.16. The van der Waals surface area contributed by atoms with Crippen LogP contribution in [0.15, 0.2) is 21.5 Å². The maximum Gasteiger partial charge on any atom is 0.0409 e. The van der Waals surface area contributed by atoms with Gasteiger partial charge in [-0.05, 0) is 72.8 Å². The highest BCUT2D eigenvalue weighted by Crippen LogP contribution is 2.36. The van der Waals surface area contributed by atoms with Gasteiger partial charge in [0.1, 0.15) is 0 Å². The SMILES string of the molecule is CN1CCc2cc(Br)c(SNC(C)(C)C)cc21. The Morgan fingerprint density at radius 1 is 1.35 bits per heavy atom. The van der Waals surface area contributed by atoms with Gasteiger partial charge in [0.2, 0.25) is 0 Å². The molecule has 0 aliphatic carbocycles. The van der Waals surface area contributed by atoms with Gasteiger partial charge in [0.25, 0.3) is 0 Å². The lowest BCUT2D eigenvalue weighted by Gasteiger charge is -2.21. The van der Waals surface area contributed by atoms with E-state index in [0.717, 1.165) is 13.0 Å². The second-order valence-electron chi connectivity index (χ2n) is 5.54. The monoisotopic (exact) mass is 314 g/mol. The van der Waals surface area contributed by atoms with Gasteiger partial charge >= 0.3 is 0 Å². The molecule has 0 aromatic heterocycles. The van der Waals surface area contributed by atoms with Crippen LogP contribution in [0.4, 0.5) is 5.69 Å². The first-order valence-electron chi connectivity index (χ1n) is 5.84. The van der Waals surface area contributed by atoms with E-state index in [1.165, 1.54) is 20.6 Å². The number of likely N-dealkylation sites (N-methyl/N-ethyl adjacent to an activating group) is 1. The topological polar surface area (TPSA) is 15.3 Å². The average molecular weight is 315 g/mol. The number of halogens is 1. The van der Waals surface area contributed by atoms with Gasteiger partial charge in [-0.3, -0.25) is 4.72 Å². The minimum atomic E-state index is 0.120. The lowest BCUT2D eigenvalue weighted by Crippen LogP contribution is -2.29. The van der Waals surface area contributed by atoms with E-state index in [9.17, 15) is 0 Å². The number of nitrogens with zero attached hydrogens (tertiary/aromatic N) is 1. The molecule has 1 heterocycles. The summed E-state index contributed by atoms with van der Waals surface area (Å²) in [6.07, 6.45) is 1.15. The zero-order valence-corrected chi connectivity index (χ0v) is 13.2. The molecule has 2 rings (SSSR count). The quantitative estimate of drug-likeness (QED) is 0.835. The van der Waals surface area contributed by atoms with Gasteiger partial charge in [-0.1, -0.05) is 0 Å². The van der Waals surface area contributed by atoms with Gasteiger partial charge in [-0.25, -0.2) is 0 Å². The van der Waals surface area contributed by atoms with E-state index >= 15 is 0 Å². The van der Waals surface area contributed by atoms with E-state index in [2.05, 4.69) is 65.5 Å². The van der Waals surface area contributed by atoms with E-state index < -0.39 is 0 Å². The van der Waals surface area contributed by atoms with Crippen LogP contribution in [0.1, 0.15) is 26.3 Å². The third-order valence-corrected chi connectivity index (χ3v) is 4.92. The number of nitrogens with one attached hydrogen (secondary N) is 1. The maximum atomic E-state index is 3.66. The van der Waals surface area contributed by atoms with E-state index in [0.29, 0.717) is 0 Å². The molecule has 0 bridgehead atoms. The molecule has 0 saturated carbocycles. The number of hydrogen-bond donors (Lipinski definition) is 1. The van der Waals surface area contributed by atoms with Crippen molar-refractivity contribution in [1.29, 1.82) is 0 Å². The fourth-order valence-corrected chi connectivity index (χ4v) is 3.21. The molecule has 0 fully saturated rings. The average Bonchev–Trinajstić information content (AvgIpc) is 2.55. The molecule has 94 valence electrons. The van der Waals surface area contributed by atoms with Crippen molar-refractivity contribution in [2.75, 3.05) is 18.5 Å². The number of fused-ring (bicyclic) bond motifs is 1. The van der Waals surface area contributed by atoms with Gasteiger partial charge in [-0.2, -0.15) is 0 Å². The number of hydrogen-bond acceptors (Lipinski definition) is 3. The van der Waals surface area contributed by atoms with Gasteiger partial charge in [0.05, 0.1) is 0 Å². The molecule has 1 aliphatic rings. The fourth-order valence-electron chi connectivity index (χ4n) is 1.83. The summed E-state index contributed by atoms with van der Waals surface area (Å²) in [5.41, 5.74) is 2.93. The second-order valence-corrected chi connectivity index (χ2v) is 7.24. The van der Waals surface area contributed by atoms with Crippen LogP contribution >= 0.6 is 27.9 Å². The maximum absolute atomic E-state index is 3.66. The Morgan fingerprint density at radius 2 is 2.06 bits per heavy atom. The van der Waals surface area contributed by atoms with E-state index in [1.807, 2.05) is 0 Å². The predicted octanol–water partition coefficient (Wildman–Crippen LogP) is 3.84. The molecule has 17 heavy (non-hydrogen) atoms. The summed E-state index contributed by atoms with van der Waals surface area (Å²) in [6.45, 7) is 7.65. The molecule has 0 unspecified atom stereocenters. The van der Waals surface area contributed by atoms with Gasteiger partial charge in [0, 0.05) is 34.2 Å². The van der Waals surface area contributed by atoms with Crippen molar-refractivity contribution >= 4 is 33.6 Å². The van der Waals surface area contributed by atoms with Crippen LogP contribution in [0, 0.1) is 0 Å². The van der Waals surface area contributed by atoms with Crippen LogP contribution in [0.5, 0.6) is 0 Å². The Kier molecular flexibility index (Phi) is 3.76. The first-order chi connectivity index (χ1) is 7.87. The smallest absolute Gasteiger partial charge is 0.0409 e. The van der Waals surface area contributed by atoms with Crippen LogP contribution in [0.3, 0.4) is 0 Å². The number of anilines is 1. The lowest BCUT2D eigenvalue weighted by molar-refractivity contribution is 0.535. The van der Waals surface area contributed by atoms with Crippen LogP contribution in [-0.4, -0.2) is 19.1 Å². The highest BCUT2D eigenvalue weighted by molar-refractivity contribution is 9.10. The molecule has 1 N–H and O–H groups in total. The van der Waals surface area contributed by atoms with Crippen LogP contribution in [0.2, 0.25) is 0 Å². The second kappa shape index (κ2) is 4.82. The molecule has 4 heteroatoms. The van der Waals surface area contributed by atoms with E-state index in [1.54, 1.807) is 11.9 Å². The standard InChI is InChI=1S/C13H19BrN2S/c1-13(2,3)15-17-12-8-11-9(7-10(12)14)5-6-16(11)4/h7-8,15H,5-6H2,1-4H3. The molecule has 0 amide bonds. The molecule has 1 aromatic rings. The third kappa shape index (κ3) is 3.18. The van der Waals surface area contributed by atoms with Crippen LogP contribution in [0.25, 0.3) is 0 Å². The van der Waals surface area contributed by atoms with Crippen molar-refractivity contribution in [3.05, 3.63) is 22.2 Å². The summed E-state index contributed by atoms with van der Waals surface area (Å²) in [5, 5.41) is 0. The Bertz CT molecular complexity index is 426. The van der Waals surface area contributed by atoms with Crippen molar-refractivity contribution < 1.29 is 0 Å². The Hall–Kier alpha value is -0.190. The van der Waals surface area contributed by atoms with Crippen LogP contribution < -0.4 is 9.62 Å². The summed E-state index contributed by atoms with van der Waals surface area (Å²) >= 11 is 5.36. The molecule has 2 nitrogen and oxygen atoms in total. The molecule has 0 radical (unpaired) electrons. The predicted molar refractivity (Wildman–Crippen MR) is 79.9 cm³/mol. The summed E-state index contributed by atoms with van der Waals surface area (Å²) in [4.78, 5) is 3.58. The van der Waals surface area contributed by atoms with Crippen molar-refractivity contribution in [3.63, 3.8) is 0 Å². The first kappa shape index (κ1) is 13.2. The summed E-state index contributed by atoms with van der Waals surface area (Å²) in [5.74, 6) is 0. The molecule has 1 aliphatic heterocycles. The van der Waals surface area contributed by atoms with E-state index in [-0.39, 0.29) is 5.54 Å². The highest BCUT2D eigenvalue weighted by atomic mass is 79.9. The Balaban J connectivity index is 2.21. The number of benzene rings is 1. The van der Waals surface area contributed by atoms with Gasteiger partial charge in [0.15, 0.2) is 0 Å². The molecule has 0 spiro atoms. The number of rotatable bonds is 2. The Morgan fingerprint density at radius 3 is 2.71 bits per heavy atom. The first-order valence-corrected chi connectivity index (χ1v) is 7.45. The van der Waals surface area contributed by atoms with Crippen molar-refractivity contribution in [1.82, 2.24) is 4.72 Å². The fraction of sp³-hybridized carbons (Fsp3) is 0.538. The lowest BCUT2D eigenvalue weighted by atomic mass is 10.1. The summed E-state index contributed by atoms with van der Waals surface area (Å²) in [6, 6.07) is 4.53. The molecule has 0 saturated heterocycles. The zero-order valence-electron chi connectivity index (χ0n) is 10.8. The molecule has 0 atom stereocenters. The van der Waals surface area contributed by atoms with Crippen molar-refractivity contribution in [2.24, 2.45) is 0 Å². The van der Waals surface area contributed by atoms with Gasteiger partial charge in [-0.15, -0.1) is 0 Å². The molecular formula is C13H19BrN2S.